The van der Waals surface area contributed by atoms with Gasteiger partial charge in [-0.2, -0.15) is 8.42 Å². The summed E-state index contributed by atoms with van der Waals surface area (Å²) < 4.78 is 39.6. The normalized spacial score (nSPS) is 12.4. The van der Waals surface area contributed by atoms with Crippen molar-refractivity contribution in [2.24, 2.45) is 5.73 Å². The fraction of sp³-hybridized carbons (Fsp3) is 0.133. The molecule has 8 nitrogen and oxygen atoms in total. The van der Waals surface area contributed by atoms with Gasteiger partial charge in [0.2, 0.25) is 0 Å². The molecular weight excluding hydrogens is 338 g/mol. The summed E-state index contributed by atoms with van der Waals surface area (Å²) in [4.78, 5) is 10.7. The quantitative estimate of drug-likeness (QED) is 0.639. The van der Waals surface area contributed by atoms with Crippen LogP contribution >= 0.6 is 0 Å². The van der Waals surface area contributed by atoms with Crippen molar-refractivity contribution in [2.75, 3.05) is 0 Å². The lowest BCUT2D eigenvalue weighted by atomic mass is 10.1. The lowest BCUT2D eigenvalue weighted by Gasteiger charge is -2.09. The number of benzene rings is 2. The summed E-state index contributed by atoms with van der Waals surface area (Å²) in [5.74, 6) is -0.191. The third kappa shape index (κ3) is 5.54. The smallest absolute Gasteiger partial charge is 0.446 e. The van der Waals surface area contributed by atoms with Gasteiger partial charge in [0.15, 0.2) is 0 Å². The Morgan fingerprint density at radius 2 is 1.46 bits per heavy atom. The predicted octanol–water partition coefficient (Wildman–Crippen LogP) is 1.61. The van der Waals surface area contributed by atoms with E-state index in [0.29, 0.717) is 11.5 Å². The zero-order valence-corrected chi connectivity index (χ0v) is 13.1. The average Bonchev–Trinajstić information content (AvgIpc) is 2.49. The van der Waals surface area contributed by atoms with Crippen molar-refractivity contribution in [1.29, 1.82) is 0 Å². The summed E-state index contributed by atoms with van der Waals surface area (Å²) >= 11 is 0. The summed E-state index contributed by atoms with van der Waals surface area (Å²) in [6, 6.07) is 11.3. The van der Waals surface area contributed by atoms with Gasteiger partial charge < -0.3 is 19.8 Å². The highest BCUT2D eigenvalue weighted by Crippen LogP contribution is 2.24. The Hall–Kier alpha value is -2.62. The number of hydrogen-bond donors (Lipinski definition) is 3. The highest BCUT2D eigenvalue weighted by molar-refractivity contribution is 7.81. The van der Waals surface area contributed by atoms with E-state index < -0.39 is 22.4 Å². The molecule has 0 radical (unpaired) electrons. The average molecular weight is 353 g/mol. The Kier molecular flexibility index (Phi) is 5.39. The van der Waals surface area contributed by atoms with Crippen molar-refractivity contribution in [2.45, 2.75) is 12.5 Å². The van der Waals surface area contributed by atoms with E-state index in [1.54, 1.807) is 24.3 Å². The topological polar surface area (TPSA) is 136 Å². The summed E-state index contributed by atoms with van der Waals surface area (Å²) in [5, 5.41) is 8.77. The van der Waals surface area contributed by atoms with Crippen LogP contribution in [0.4, 0.5) is 0 Å². The Labute approximate surface area is 138 Å². The number of nitrogens with two attached hydrogens (primary N) is 1. The van der Waals surface area contributed by atoms with Gasteiger partial charge >= 0.3 is 16.4 Å². The second kappa shape index (κ2) is 7.30. The lowest BCUT2D eigenvalue weighted by Crippen LogP contribution is -2.32. The number of rotatable bonds is 7. The van der Waals surface area contributed by atoms with Gasteiger partial charge in [0.05, 0.1) is 0 Å². The maximum absolute atomic E-state index is 10.7. The number of carboxylic acid groups (broad SMARTS) is 1. The first-order valence-corrected chi connectivity index (χ1v) is 8.11. The van der Waals surface area contributed by atoms with Crippen molar-refractivity contribution < 1.29 is 31.8 Å². The van der Waals surface area contributed by atoms with E-state index in [0.717, 1.165) is 5.56 Å². The van der Waals surface area contributed by atoms with Crippen LogP contribution in [0.1, 0.15) is 5.56 Å². The van der Waals surface area contributed by atoms with E-state index in [1.807, 2.05) is 0 Å². The summed E-state index contributed by atoms with van der Waals surface area (Å²) in [6.07, 6.45) is 0.206. The molecule has 0 bridgehead atoms. The summed E-state index contributed by atoms with van der Waals surface area (Å²) in [6.45, 7) is 0. The van der Waals surface area contributed by atoms with Crippen LogP contribution in [0.25, 0.3) is 0 Å². The van der Waals surface area contributed by atoms with E-state index in [4.69, 9.17) is 20.1 Å². The lowest BCUT2D eigenvalue weighted by molar-refractivity contribution is -0.138. The molecule has 0 fully saturated rings. The van der Waals surface area contributed by atoms with Gasteiger partial charge in [0.25, 0.3) is 0 Å². The van der Waals surface area contributed by atoms with Gasteiger partial charge in [0, 0.05) is 0 Å². The molecule has 4 N–H and O–H groups in total. The van der Waals surface area contributed by atoms with Crippen molar-refractivity contribution in [1.82, 2.24) is 0 Å². The zero-order chi connectivity index (χ0) is 17.7. The molecule has 2 aromatic carbocycles. The van der Waals surface area contributed by atoms with E-state index >= 15 is 0 Å². The monoisotopic (exact) mass is 353 g/mol. The molecule has 0 saturated heterocycles. The minimum absolute atomic E-state index is 0.0529. The molecule has 2 aromatic rings. The molecule has 2 rings (SSSR count). The van der Waals surface area contributed by atoms with E-state index in [2.05, 4.69) is 4.18 Å². The molecule has 128 valence electrons. The highest BCUT2D eigenvalue weighted by Gasteiger charge is 2.12. The maximum Gasteiger partial charge on any atom is 0.446 e. The molecule has 0 amide bonds. The second-order valence-corrected chi connectivity index (χ2v) is 5.90. The standard InChI is InChI=1S/C15H15NO7S/c16-14(15(17)18)9-10-1-3-11(4-2-10)22-12-5-7-13(8-6-12)23-24(19,20)21/h1-8,14H,9,16H2,(H,17,18)(H,19,20,21)/t14-/m0/s1. The van der Waals surface area contributed by atoms with E-state index in [1.165, 1.54) is 24.3 Å². The molecule has 0 aliphatic rings. The highest BCUT2D eigenvalue weighted by atomic mass is 32.3. The Morgan fingerprint density at radius 3 is 1.92 bits per heavy atom. The minimum Gasteiger partial charge on any atom is -0.480 e. The molecule has 0 unspecified atom stereocenters. The van der Waals surface area contributed by atoms with Crippen LogP contribution in [0.2, 0.25) is 0 Å². The Morgan fingerprint density at radius 1 is 1.00 bits per heavy atom. The third-order valence-corrected chi connectivity index (χ3v) is 3.36. The van der Waals surface area contributed by atoms with Gasteiger partial charge in [0.1, 0.15) is 23.3 Å². The Balaban J connectivity index is 1.99. The third-order valence-electron chi connectivity index (χ3n) is 2.96. The SMILES string of the molecule is N[C@@H](Cc1ccc(Oc2ccc(OS(=O)(=O)O)cc2)cc1)C(=O)O. The number of carbonyl (C=O) groups is 1. The molecule has 0 aliphatic carbocycles. The fourth-order valence-electron chi connectivity index (χ4n) is 1.86. The molecule has 9 heteroatoms. The summed E-state index contributed by atoms with van der Waals surface area (Å²) in [7, 11) is -4.56. The van der Waals surface area contributed by atoms with Crippen LogP contribution in [0.5, 0.6) is 17.2 Å². The van der Waals surface area contributed by atoms with Crippen LogP contribution in [-0.4, -0.2) is 30.1 Å². The van der Waals surface area contributed by atoms with Crippen LogP contribution in [0.3, 0.4) is 0 Å². The minimum atomic E-state index is -4.56. The van der Waals surface area contributed by atoms with Crippen molar-refractivity contribution in [3.8, 4) is 17.2 Å². The zero-order valence-electron chi connectivity index (χ0n) is 12.3. The molecule has 0 saturated carbocycles. The first kappa shape index (κ1) is 17.7. The Bertz CT molecular complexity index is 801. The molecule has 0 heterocycles. The van der Waals surface area contributed by atoms with Crippen molar-refractivity contribution >= 4 is 16.4 Å². The van der Waals surface area contributed by atoms with Gasteiger partial charge in [-0.1, -0.05) is 12.1 Å². The van der Waals surface area contributed by atoms with Crippen LogP contribution in [-0.2, 0) is 21.6 Å². The van der Waals surface area contributed by atoms with E-state index in [-0.39, 0.29) is 12.2 Å². The molecule has 0 spiro atoms. The van der Waals surface area contributed by atoms with E-state index in [9.17, 15) is 13.2 Å². The molecule has 0 aromatic heterocycles. The number of hydrogen-bond acceptors (Lipinski definition) is 6. The van der Waals surface area contributed by atoms with Gasteiger partial charge in [-0.15, -0.1) is 0 Å². The summed E-state index contributed by atoms with van der Waals surface area (Å²) in [5.41, 5.74) is 6.22. The molecular formula is C15H15NO7S. The largest absolute Gasteiger partial charge is 0.480 e. The van der Waals surface area contributed by atoms with Crippen LogP contribution < -0.4 is 14.7 Å². The molecule has 24 heavy (non-hydrogen) atoms. The van der Waals surface area contributed by atoms with Crippen LogP contribution in [0, 0.1) is 0 Å². The molecule has 0 aliphatic heterocycles. The van der Waals surface area contributed by atoms with Gasteiger partial charge in [-0.05, 0) is 48.4 Å². The first-order valence-electron chi connectivity index (χ1n) is 6.75. The van der Waals surface area contributed by atoms with Gasteiger partial charge in [-0.25, -0.2) is 0 Å². The number of aliphatic carboxylic acids is 1. The maximum atomic E-state index is 10.7. The number of ether oxygens (including phenoxy) is 1. The second-order valence-electron chi connectivity index (χ2n) is 4.88. The predicted molar refractivity (Wildman–Crippen MR) is 84.4 cm³/mol. The van der Waals surface area contributed by atoms with Crippen LogP contribution in [0.15, 0.2) is 48.5 Å². The number of carboxylic acids is 1. The van der Waals surface area contributed by atoms with Crippen molar-refractivity contribution in [3.63, 3.8) is 0 Å². The van der Waals surface area contributed by atoms with Crippen molar-refractivity contribution in [3.05, 3.63) is 54.1 Å². The molecule has 1 atom stereocenters. The fourth-order valence-corrected chi connectivity index (χ4v) is 2.21. The van der Waals surface area contributed by atoms with Gasteiger partial charge in [-0.3, -0.25) is 9.35 Å². The first-order chi connectivity index (χ1) is 11.2.